The predicted molar refractivity (Wildman–Crippen MR) is 66.6 cm³/mol. The van der Waals surface area contributed by atoms with Crippen molar-refractivity contribution in [1.82, 2.24) is 9.88 Å². The van der Waals surface area contributed by atoms with Gasteiger partial charge in [0.2, 0.25) is 0 Å². The minimum absolute atomic E-state index is 0.127. The number of hydrogen-bond donors (Lipinski definition) is 1. The van der Waals surface area contributed by atoms with Gasteiger partial charge in [-0.3, -0.25) is 4.90 Å². The summed E-state index contributed by atoms with van der Waals surface area (Å²) < 4.78 is 0. The number of aryl methyl sites for hydroxylation is 1. The molecular formula is C12H20N2OS. The normalized spacial score (nSPS) is 21.8. The van der Waals surface area contributed by atoms with E-state index in [2.05, 4.69) is 22.2 Å². The quantitative estimate of drug-likeness (QED) is 0.856. The molecule has 0 aromatic carbocycles. The summed E-state index contributed by atoms with van der Waals surface area (Å²) in [6.07, 6.45) is 4.36. The van der Waals surface area contributed by atoms with E-state index in [1.54, 1.807) is 11.3 Å². The summed E-state index contributed by atoms with van der Waals surface area (Å²) in [6, 6.07) is 0. The number of aromatic nitrogens is 1. The lowest BCUT2D eigenvalue weighted by Crippen LogP contribution is -2.21. The molecule has 1 N–H and O–H groups in total. The fraction of sp³-hybridized carbons (Fsp3) is 0.750. The third-order valence-corrected chi connectivity index (χ3v) is 3.93. The second-order valence-electron chi connectivity index (χ2n) is 4.51. The van der Waals surface area contributed by atoms with Crippen molar-refractivity contribution >= 4 is 11.3 Å². The highest BCUT2D eigenvalue weighted by Crippen LogP contribution is 2.17. The molecule has 0 aliphatic carbocycles. The maximum atomic E-state index is 9.44. The lowest BCUT2D eigenvalue weighted by molar-refractivity contribution is 0.174. The molecule has 1 fully saturated rings. The number of aliphatic hydroxyl groups is 1. The molecule has 4 heteroatoms. The van der Waals surface area contributed by atoms with Crippen LogP contribution in [0.15, 0.2) is 5.38 Å². The molecule has 3 nitrogen and oxygen atoms in total. The second-order valence-corrected chi connectivity index (χ2v) is 5.46. The summed E-state index contributed by atoms with van der Waals surface area (Å²) in [5.74, 6) is 0. The molecule has 0 amide bonds. The fourth-order valence-electron chi connectivity index (χ4n) is 2.05. The summed E-state index contributed by atoms with van der Waals surface area (Å²) in [5.41, 5.74) is 1.17. The summed E-state index contributed by atoms with van der Waals surface area (Å²) in [6.45, 7) is 4.92. The standard InChI is InChI=1S/C12H20N2OS/c1-2-3-4-12-13-10(9-16-12)7-14-6-5-11(15)8-14/h9,11,15H,2-8H2,1H3/t11-/m1/s1. The lowest BCUT2D eigenvalue weighted by atomic mass is 10.3. The van der Waals surface area contributed by atoms with Gasteiger partial charge in [-0.15, -0.1) is 11.3 Å². The molecule has 0 spiro atoms. The molecule has 0 saturated carbocycles. The Morgan fingerprint density at radius 1 is 1.62 bits per heavy atom. The first kappa shape index (κ1) is 12.0. The maximum absolute atomic E-state index is 9.44. The molecule has 2 rings (SSSR count). The van der Waals surface area contributed by atoms with Gasteiger partial charge in [-0.05, 0) is 19.3 Å². The van der Waals surface area contributed by atoms with Crippen molar-refractivity contribution in [3.05, 3.63) is 16.1 Å². The average molecular weight is 240 g/mol. The van der Waals surface area contributed by atoms with Gasteiger partial charge in [0.25, 0.3) is 0 Å². The molecule has 1 aliphatic rings. The molecule has 1 aliphatic heterocycles. The smallest absolute Gasteiger partial charge is 0.0928 e. The molecule has 16 heavy (non-hydrogen) atoms. The molecule has 1 aromatic heterocycles. The topological polar surface area (TPSA) is 36.4 Å². The van der Waals surface area contributed by atoms with E-state index >= 15 is 0 Å². The van der Waals surface area contributed by atoms with Gasteiger partial charge in [-0.25, -0.2) is 4.98 Å². The minimum atomic E-state index is -0.127. The van der Waals surface area contributed by atoms with Gasteiger partial charge in [0.05, 0.1) is 16.8 Å². The number of β-amino-alcohol motifs (C(OH)–C–C–N with tert-alkyl or cyclic N) is 1. The van der Waals surface area contributed by atoms with Crippen molar-refractivity contribution in [3.63, 3.8) is 0 Å². The van der Waals surface area contributed by atoms with Crippen LogP contribution >= 0.6 is 11.3 Å². The third kappa shape index (κ3) is 3.27. The van der Waals surface area contributed by atoms with Crippen LogP contribution in [0.1, 0.15) is 36.9 Å². The van der Waals surface area contributed by atoms with Crippen LogP contribution in [0.25, 0.3) is 0 Å². The summed E-state index contributed by atoms with van der Waals surface area (Å²) in [7, 11) is 0. The molecule has 0 bridgehead atoms. The van der Waals surface area contributed by atoms with Gasteiger partial charge in [-0.1, -0.05) is 13.3 Å². The van der Waals surface area contributed by atoms with E-state index in [1.807, 2.05) is 0 Å². The van der Waals surface area contributed by atoms with Crippen molar-refractivity contribution in [3.8, 4) is 0 Å². The van der Waals surface area contributed by atoms with Crippen molar-refractivity contribution in [2.45, 2.75) is 45.3 Å². The van der Waals surface area contributed by atoms with Gasteiger partial charge < -0.3 is 5.11 Å². The number of likely N-dealkylation sites (tertiary alicyclic amines) is 1. The lowest BCUT2D eigenvalue weighted by Gasteiger charge is -2.12. The Kier molecular flexibility index (Phi) is 4.32. The van der Waals surface area contributed by atoms with Crippen LogP contribution in [0.2, 0.25) is 0 Å². The van der Waals surface area contributed by atoms with Crippen molar-refractivity contribution in [2.75, 3.05) is 13.1 Å². The Hall–Kier alpha value is -0.450. The van der Waals surface area contributed by atoms with E-state index in [9.17, 15) is 5.11 Å². The van der Waals surface area contributed by atoms with E-state index in [-0.39, 0.29) is 6.10 Å². The first-order chi connectivity index (χ1) is 7.78. The molecule has 0 radical (unpaired) electrons. The van der Waals surface area contributed by atoms with Gasteiger partial charge in [0.15, 0.2) is 0 Å². The predicted octanol–water partition coefficient (Wildman–Crippen LogP) is 2.05. The largest absolute Gasteiger partial charge is 0.392 e. The molecule has 1 atom stereocenters. The van der Waals surface area contributed by atoms with Gasteiger partial charge >= 0.3 is 0 Å². The first-order valence-corrected chi connectivity index (χ1v) is 6.99. The number of nitrogens with zero attached hydrogens (tertiary/aromatic N) is 2. The van der Waals surface area contributed by atoms with Gasteiger partial charge in [0.1, 0.15) is 0 Å². The average Bonchev–Trinajstić information content (AvgIpc) is 2.86. The maximum Gasteiger partial charge on any atom is 0.0928 e. The van der Waals surface area contributed by atoms with Crippen LogP contribution in [0.5, 0.6) is 0 Å². The Balaban J connectivity index is 1.83. The second kappa shape index (κ2) is 5.75. The number of aliphatic hydroxyl groups excluding tert-OH is 1. The summed E-state index contributed by atoms with van der Waals surface area (Å²) in [5, 5.41) is 12.9. The van der Waals surface area contributed by atoms with Crippen LogP contribution in [0, 0.1) is 0 Å². The van der Waals surface area contributed by atoms with Crippen LogP contribution in [0.3, 0.4) is 0 Å². The Morgan fingerprint density at radius 3 is 3.19 bits per heavy atom. The molecule has 2 heterocycles. The van der Waals surface area contributed by atoms with Crippen molar-refractivity contribution < 1.29 is 5.11 Å². The van der Waals surface area contributed by atoms with Gasteiger partial charge in [0, 0.05) is 25.0 Å². The fourth-order valence-corrected chi connectivity index (χ4v) is 2.88. The van der Waals surface area contributed by atoms with Gasteiger partial charge in [-0.2, -0.15) is 0 Å². The molecular weight excluding hydrogens is 220 g/mol. The van der Waals surface area contributed by atoms with Crippen LogP contribution < -0.4 is 0 Å². The van der Waals surface area contributed by atoms with Crippen LogP contribution in [-0.2, 0) is 13.0 Å². The molecule has 90 valence electrons. The van der Waals surface area contributed by atoms with Crippen LogP contribution in [-0.4, -0.2) is 34.2 Å². The first-order valence-electron chi connectivity index (χ1n) is 6.11. The van der Waals surface area contributed by atoms with E-state index in [1.165, 1.54) is 23.5 Å². The van der Waals surface area contributed by atoms with E-state index < -0.39 is 0 Å². The number of unbranched alkanes of at least 4 members (excludes halogenated alkanes) is 1. The zero-order chi connectivity index (χ0) is 11.4. The zero-order valence-electron chi connectivity index (χ0n) is 9.85. The molecule has 0 unspecified atom stereocenters. The monoisotopic (exact) mass is 240 g/mol. The van der Waals surface area contributed by atoms with E-state index in [0.717, 1.165) is 32.5 Å². The Morgan fingerprint density at radius 2 is 2.50 bits per heavy atom. The van der Waals surface area contributed by atoms with E-state index in [4.69, 9.17) is 0 Å². The summed E-state index contributed by atoms with van der Waals surface area (Å²) in [4.78, 5) is 6.91. The third-order valence-electron chi connectivity index (χ3n) is 2.98. The molecule has 1 saturated heterocycles. The number of thiazole rings is 1. The minimum Gasteiger partial charge on any atom is -0.392 e. The highest BCUT2D eigenvalue weighted by Gasteiger charge is 2.20. The highest BCUT2D eigenvalue weighted by molar-refractivity contribution is 7.09. The number of rotatable bonds is 5. The summed E-state index contributed by atoms with van der Waals surface area (Å²) >= 11 is 1.77. The van der Waals surface area contributed by atoms with Crippen LogP contribution in [0.4, 0.5) is 0 Å². The Bertz CT molecular complexity index is 327. The SMILES string of the molecule is CCCCc1nc(CN2CC[C@@H](O)C2)cs1. The highest BCUT2D eigenvalue weighted by atomic mass is 32.1. The Labute approximate surface area is 101 Å². The molecule has 1 aromatic rings. The van der Waals surface area contributed by atoms with Crippen molar-refractivity contribution in [1.29, 1.82) is 0 Å². The van der Waals surface area contributed by atoms with E-state index in [0.29, 0.717) is 0 Å². The van der Waals surface area contributed by atoms with Crippen molar-refractivity contribution in [2.24, 2.45) is 0 Å². The number of hydrogen-bond acceptors (Lipinski definition) is 4. The zero-order valence-corrected chi connectivity index (χ0v) is 10.7.